The van der Waals surface area contributed by atoms with Gasteiger partial charge in [-0.2, -0.15) is 0 Å². The molecule has 0 spiro atoms. The molecular formula is C54H108INO5. The number of nitrogens with zero attached hydrogens (tertiary/aromatic N) is 1. The molecule has 1 N–H and O–H groups in total. The number of unbranched alkanes of at least 4 members (excludes halogenated alkanes) is 21. The van der Waals surface area contributed by atoms with E-state index >= 15 is 0 Å². The number of alkyl halides is 1. The third kappa shape index (κ3) is 57.1. The molecule has 0 heterocycles. The van der Waals surface area contributed by atoms with Gasteiger partial charge in [-0.1, -0.05) is 218 Å². The van der Waals surface area contributed by atoms with Crippen LogP contribution in [-0.4, -0.2) is 66.3 Å². The number of aliphatic hydroxyl groups is 1. The summed E-state index contributed by atoms with van der Waals surface area (Å²) in [5.74, 6) is 0.986. The van der Waals surface area contributed by atoms with E-state index in [0.29, 0.717) is 37.9 Å². The minimum Gasteiger partial charge on any atom is -0.465 e. The molecule has 0 aromatic carbocycles. The number of esters is 2. The average molecular weight is 978 g/mol. The Labute approximate surface area is 396 Å². The maximum atomic E-state index is 12.6. The lowest BCUT2D eigenvalue weighted by Gasteiger charge is -2.22. The molecule has 6 nitrogen and oxygen atoms in total. The molecule has 0 aliphatic heterocycles. The Morgan fingerprint density at radius 3 is 1.02 bits per heavy atom. The zero-order valence-corrected chi connectivity index (χ0v) is 44.4. The molecular weight excluding hydrogens is 869 g/mol. The van der Waals surface area contributed by atoms with Crippen LogP contribution >= 0.6 is 22.6 Å². The van der Waals surface area contributed by atoms with Crippen LogP contribution in [0.1, 0.15) is 266 Å². The van der Waals surface area contributed by atoms with Crippen LogP contribution in [0.25, 0.3) is 0 Å². The molecule has 0 aromatic heterocycles. The van der Waals surface area contributed by atoms with Crippen LogP contribution in [0.15, 0.2) is 0 Å². The monoisotopic (exact) mass is 978 g/mol. The van der Waals surface area contributed by atoms with E-state index in [1.54, 1.807) is 0 Å². The Balaban J connectivity index is -0.00000188. The largest absolute Gasteiger partial charge is 0.465 e. The van der Waals surface area contributed by atoms with Gasteiger partial charge >= 0.3 is 11.9 Å². The van der Waals surface area contributed by atoms with Crippen molar-refractivity contribution in [3.8, 4) is 12.8 Å². The molecule has 0 aliphatic carbocycles. The molecule has 0 bridgehead atoms. The molecule has 0 aromatic rings. The second-order valence-electron chi connectivity index (χ2n) is 17.4. The summed E-state index contributed by atoms with van der Waals surface area (Å²) < 4.78 is 11.6. The molecule has 0 fully saturated rings. The zero-order chi connectivity index (χ0) is 46.3. The number of rotatable bonds is 44. The summed E-state index contributed by atoms with van der Waals surface area (Å²) in [6, 6.07) is 0. The van der Waals surface area contributed by atoms with Crippen LogP contribution in [0.3, 0.4) is 0 Å². The molecule has 7 heteroatoms. The predicted molar refractivity (Wildman–Crippen MR) is 278 cm³/mol. The Kier molecular flexibility index (Phi) is 67.0. The summed E-state index contributed by atoms with van der Waals surface area (Å²) in [6.45, 7) is 17.7. The van der Waals surface area contributed by atoms with Crippen molar-refractivity contribution in [1.82, 2.24) is 4.90 Å². The summed E-state index contributed by atoms with van der Waals surface area (Å²) in [5.41, 5.74) is 0. The van der Waals surface area contributed by atoms with Crippen molar-refractivity contribution in [2.75, 3.05) is 44.4 Å². The number of hydrogen-bond acceptors (Lipinski definition) is 6. The molecule has 0 amide bonds. The van der Waals surface area contributed by atoms with E-state index in [4.69, 9.17) is 9.47 Å². The van der Waals surface area contributed by atoms with Crippen LogP contribution in [0.5, 0.6) is 0 Å². The smallest absolute Gasteiger partial charge is 0.305 e. The average Bonchev–Trinajstić information content (AvgIpc) is 3.29. The lowest BCUT2D eigenvalue weighted by atomic mass is 9.95. The topological polar surface area (TPSA) is 76.1 Å². The summed E-state index contributed by atoms with van der Waals surface area (Å²) in [5, 5.41) is 9.43. The Bertz CT molecular complexity index is 780. The number of hydrogen-bond donors (Lipinski definition) is 1. The lowest BCUT2D eigenvalue weighted by molar-refractivity contribution is -0.146. The molecule has 2 unspecified atom stereocenters. The molecule has 0 radical (unpaired) electrons. The number of carbonyl (C=O) groups excluding carboxylic acids is 2. The molecule has 0 saturated carbocycles. The van der Waals surface area contributed by atoms with Gasteiger partial charge in [0, 0.05) is 26.0 Å². The molecule has 366 valence electrons. The molecule has 0 saturated heterocycles. The Morgan fingerprint density at radius 2 is 0.705 bits per heavy atom. The molecule has 61 heavy (non-hydrogen) atoms. The fraction of sp³-hybridized carbons (Fsp3) is 0.926. The standard InChI is InChI=1S/C47H93NO5.C4H10.C2H2.CH3I/c1-5-9-13-17-19-25-34-44(32-23-15-11-7-3)42-52-46(50)36-27-21-29-38-48(40-31-41-49)39-30-22-28-37-47(51)53-43-45(33-24-16-12-8-4)35-26-20-18-14-10-6-2;1-3-4-2;2*1-2/h44-45,49H,5-43H2,1-4H3;3-4H2,1-2H3;1-2H;1H3. The maximum Gasteiger partial charge on any atom is 0.305 e. The summed E-state index contributed by atoms with van der Waals surface area (Å²) in [4.78, 5) is 29.6. The van der Waals surface area contributed by atoms with Crippen LogP contribution in [0.4, 0.5) is 0 Å². The first-order chi connectivity index (χ1) is 29.9. The fourth-order valence-electron chi connectivity index (χ4n) is 7.53. The Morgan fingerprint density at radius 1 is 0.426 bits per heavy atom. The van der Waals surface area contributed by atoms with Crippen molar-refractivity contribution in [3.05, 3.63) is 0 Å². The van der Waals surface area contributed by atoms with Gasteiger partial charge in [-0.15, -0.1) is 12.8 Å². The fourth-order valence-corrected chi connectivity index (χ4v) is 7.53. The van der Waals surface area contributed by atoms with E-state index in [1.165, 1.54) is 167 Å². The first-order valence-corrected chi connectivity index (χ1v) is 28.4. The second-order valence-corrected chi connectivity index (χ2v) is 17.4. The van der Waals surface area contributed by atoms with Gasteiger partial charge in [-0.05, 0) is 87.6 Å². The van der Waals surface area contributed by atoms with Gasteiger partial charge in [0.15, 0.2) is 0 Å². The van der Waals surface area contributed by atoms with Gasteiger partial charge in [0.25, 0.3) is 0 Å². The minimum absolute atomic E-state index is 0.0255. The zero-order valence-electron chi connectivity index (χ0n) is 42.2. The van der Waals surface area contributed by atoms with Gasteiger partial charge in [0.05, 0.1) is 13.2 Å². The van der Waals surface area contributed by atoms with Crippen molar-refractivity contribution < 1.29 is 24.2 Å². The summed E-state index contributed by atoms with van der Waals surface area (Å²) >= 11 is 2.15. The predicted octanol–water partition coefficient (Wildman–Crippen LogP) is 16.7. The van der Waals surface area contributed by atoms with E-state index in [0.717, 1.165) is 64.6 Å². The summed E-state index contributed by atoms with van der Waals surface area (Å²) in [6.07, 6.45) is 49.1. The first kappa shape index (κ1) is 66.7. The van der Waals surface area contributed by atoms with E-state index in [2.05, 4.69) is 81.9 Å². The van der Waals surface area contributed by atoms with Crippen molar-refractivity contribution in [1.29, 1.82) is 0 Å². The lowest BCUT2D eigenvalue weighted by Crippen LogP contribution is -2.28. The van der Waals surface area contributed by atoms with E-state index in [1.807, 2.05) is 4.93 Å². The van der Waals surface area contributed by atoms with E-state index in [9.17, 15) is 14.7 Å². The van der Waals surface area contributed by atoms with Gasteiger partial charge in [0.2, 0.25) is 0 Å². The third-order valence-electron chi connectivity index (χ3n) is 11.7. The number of carbonyl (C=O) groups is 2. The number of aliphatic hydroxyl groups excluding tert-OH is 1. The van der Waals surface area contributed by atoms with Gasteiger partial charge in [0.1, 0.15) is 0 Å². The van der Waals surface area contributed by atoms with Crippen molar-refractivity contribution >= 4 is 34.5 Å². The van der Waals surface area contributed by atoms with Crippen LogP contribution < -0.4 is 0 Å². The normalized spacial score (nSPS) is 11.7. The van der Waals surface area contributed by atoms with Gasteiger partial charge in [-0.3, -0.25) is 9.59 Å². The van der Waals surface area contributed by atoms with E-state index < -0.39 is 0 Å². The second kappa shape index (κ2) is 61.2. The van der Waals surface area contributed by atoms with Crippen LogP contribution in [0.2, 0.25) is 0 Å². The molecule has 2 atom stereocenters. The van der Waals surface area contributed by atoms with Crippen LogP contribution in [-0.2, 0) is 19.1 Å². The van der Waals surface area contributed by atoms with Gasteiger partial charge in [-0.25, -0.2) is 0 Å². The molecule has 0 rings (SSSR count). The highest BCUT2D eigenvalue weighted by molar-refractivity contribution is 14.1. The maximum absolute atomic E-state index is 12.6. The van der Waals surface area contributed by atoms with Gasteiger partial charge < -0.3 is 19.5 Å². The van der Waals surface area contributed by atoms with Crippen molar-refractivity contribution in [2.24, 2.45) is 11.8 Å². The molecule has 0 aliphatic rings. The number of halogens is 1. The highest BCUT2D eigenvalue weighted by atomic mass is 127. The first-order valence-electron chi connectivity index (χ1n) is 26.3. The van der Waals surface area contributed by atoms with E-state index in [-0.39, 0.29) is 18.5 Å². The quantitative estimate of drug-likeness (QED) is 0.0216. The minimum atomic E-state index is -0.0255. The third-order valence-corrected chi connectivity index (χ3v) is 11.7. The SMILES string of the molecule is C#C.CCCC.CCCCCCCCC(CCCCCC)COC(=O)CCCCCN(CCCO)CCCCCC(=O)OCC(CCCCCC)CCCCCCCC.CI. The van der Waals surface area contributed by atoms with Crippen molar-refractivity contribution in [3.63, 3.8) is 0 Å². The number of terminal acetylenes is 1. The van der Waals surface area contributed by atoms with Crippen molar-refractivity contribution in [2.45, 2.75) is 266 Å². The summed E-state index contributed by atoms with van der Waals surface area (Å²) in [7, 11) is 0. The Hall–Kier alpha value is -0.850. The van der Waals surface area contributed by atoms with Crippen LogP contribution in [0, 0.1) is 24.7 Å². The highest BCUT2D eigenvalue weighted by Crippen LogP contribution is 2.21. The number of ether oxygens (including phenoxy) is 2. The highest BCUT2D eigenvalue weighted by Gasteiger charge is 2.14.